The number of anilines is 1. The number of amides is 1. The molecule has 2 rings (SSSR count). The number of carbonyl (C=O) groups is 1. The fraction of sp³-hybridized carbons (Fsp3) is 0.533. The highest BCUT2D eigenvalue weighted by atomic mass is 16.1. The van der Waals surface area contributed by atoms with Crippen molar-refractivity contribution in [3.63, 3.8) is 0 Å². The third-order valence-electron chi connectivity index (χ3n) is 3.25. The summed E-state index contributed by atoms with van der Waals surface area (Å²) >= 11 is 0. The van der Waals surface area contributed by atoms with Crippen molar-refractivity contribution in [2.45, 2.75) is 32.2 Å². The molecule has 0 saturated heterocycles. The molecule has 0 bridgehead atoms. The number of nitrogens with one attached hydrogen (secondary N) is 1. The van der Waals surface area contributed by atoms with E-state index < -0.39 is 0 Å². The highest BCUT2D eigenvalue weighted by Crippen LogP contribution is 2.24. The standard InChI is InChI=1S/C15H23N3O/c1-15(2,16)10-18(3)7-6-11-4-5-13-12(8-11)9-14(19)17-13/h4-5,8H,6-7,9-10,16H2,1-3H3,(H,17,19). The smallest absolute Gasteiger partial charge is 0.228 e. The number of nitrogens with zero attached hydrogens (tertiary/aromatic N) is 1. The van der Waals surface area contributed by atoms with Gasteiger partial charge in [0.25, 0.3) is 0 Å². The van der Waals surface area contributed by atoms with Crippen LogP contribution in [-0.2, 0) is 17.6 Å². The predicted octanol–water partition coefficient (Wildman–Crippen LogP) is 1.39. The lowest BCUT2D eigenvalue weighted by molar-refractivity contribution is -0.115. The number of hydrogen-bond donors (Lipinski definition) is 2. The number of likely N-dealkylation sites (N-methyl/N-ethyl adjacent to an activating group) is 1. The maximum Gasteiger partial charge on any atom is 0.228 e. The minimum atomic E-state index is -0.164. The average molecular weight is 261 g/mol. The Hall–Kier alpha value is -1.39. The highest BCUT2D eigenvalue weighted by Gasteiger charge is 2.18. The summed E-state index contributed by atoms with van der Waals surface area (Å²) in [6, 6.07) is 6.23. The van der Waals surface area contributed by atoms with Gasteiger partial charge in [-0.25, -0.2) is 0 Å². The summed E-state index contributed by atoms with van der Waals surface area (Å²) in [5.41, 5.74) is 9.20. The molecule has 0 aromatic heterocycles. The number of rotatable bonds is 5. The molecule has 1 heterocycles. The van der Waals surface area contributed by atoms with Gasteiger partial charge in [-0.2, -0.15) is 0 Å². The number of nitrogens with two attached hydrogens (primary N) is 1. The molecule has 1 aromatic rings. The first-order valence-corrected chi connectivity index (χ1v) is 6.72. The van der Waals surface area contributed by atoms with Gasteiger partial charge in [0.05, 0.1) is 6.42 Å². The van der Waals surface area contributed by atoms with Crippen molar-refractivity contribution < 1.29 is 4.79 Å². The summed E-state index contributed by atoms with van der Waals surface area (Å²) in [5.74, 6) is 0.0918. The van der Waals surface area contributed by atoms with Crippen molar-refractivity contribution in [2.75, 3.05) is 25.5 Å². The van der Waals surface area contributed by atoms with Crippen molar-refractivity contribution in [3.05, 3.63) is 29.3 Å². The lowest BCUT2D eigenvalue weighted by atomic mass is 10.0. The number of benzene rings is 1. The first kappa shape index (κ1) is 14.0. The molecular weight excluding hydrogens is 238 g/mol. The van der Waals surface area contributed by atoms with Crippen molar-refractivity contribution in [2.24, 2.45) is 5.73 Å². The van der Waals surface area contributed by atoms with Crippen molar-refractivity contribution in [3.8, 4) is 0 Å². The van der Waals surface area contributed by atoms with Crippen LogP contribution < -0.4 is 11.1 Å². The van der Waals surface area contributed by atoms with Gasteiger partial charge in [0.1, 0.15) is 0 Å². The summed E-state index contributed by atoms with van der Waals surface area (Å²) < 4.78 is 0. The SMILES string of the molecule is CN(CCc1ccc2c(c1)CC(=O)N2)CC(C)(C)N. The molecule has 0 saturated carbocycles. The molecule has 1 amide bonds. The molecule has 0 radical (unpaired) electrons. The largest absolute Gasteiger partial charge is 0.326 e. The molecular formula is C15H23N3O. The van der Waals surface area contributed by atoms with E-state index >= 15 is 0 Å². The van der Waals surface area contributed by atoms with Crippen LogP contribution in [0.25, 0.3) is 0 Å². The quantitative estimate of drug-likeness (QED) is 0.842. The van der Waals surface area contributed by atoms with Gasteiger partial charge in [0.2, 0.25) is 5.91 Å². The molecule has 4 nitrogen and oxygen atoms in total. The van der Waals surface area contributed by atoms with E-state index in [0.717, 1.165) is 30.8 Å². The summed E-state index contributed by atoms with van der Waals surface area (Å²) in [7, 11) is 2.09. The summed E-state index contributed by atoms with van der Waals surface area (Å²) in [6.07, 6.45) is 1.49. The van der Waals surface area contributed by atoms with E-state index in [9.17, 15) is 4.79 Å². The topological polar surface area (TPSA) is 58.4 Å². The van der Waals surface area contributed by atoms with Gasteiger partial charge in [-0.3, -0.25) is 4.79 Å². The van der Waals surface area contributed by atoms with Crippen LogP contribution in [0.1, 0.15) is 25.0 Å². The maximum atomic E-state index is 11.3. The lowest BCUT2D eigenvalue weighted by Crippen LogP contribution is -2.44. The normalized spacial score (nSPS) is 14.7. The molecule has 0 unspecified atom stereocenters. The second kappa shape index (κ2) is 5.31. The molecule has 0 spiro atoms. The molecule has 19 heavy (non-hydrogen) atoms. The Bertz CT molecular complexity index is 477. The molecule has 0 aliphatic carbocycles. The van der Waals surface area contributed by atoms with Crippen LogP contribution in [0.5, 0.6) is 0 Å². The van der Waals surface area contributed by atoms with Gasteiger partial charge in [0, 0.05) is 24.3 Å². The fourth-order valence-electron chi connectivity index (χ4n) is 2.53. The lowest BCUT2D eigenvalue weighted by Gasteiger charge is -2.26. The van der Waals surface area contributed by atoms with Gasteiger partial charge in [-0.05, 0) is 44.5 Å². The van der Waals surface area contributed by atoms with E-state index in [1.165, 1.54) is 5.56 Å². The fourth-order valence-corrected chi connectivity index (χ4v) is 2.53. The number of hydrogen-bond acceptors (Lipinski definition) is 3. The second-order valence-corrected chi connectivity index (χ2v) is 6.19. The molecule has 3 N–H and O–H groups in total. The van der Waals surface area contributed by atoms with Crippen LogP contribution in [0.3, 0.4) is 0 Å². The van der Waals surface area contributed by atoms with Crippen LogP contribution in [-0.4, -0.2) is 36.5 Å². The minimum Gasteiger partial charge on any atom is -0.326 e. The number of fused-ring (bicyclic) bond motifs is 1. The van der Waals surface area contributed by atoms with Gasteiger partial charge < -0.3 is 16.0 Å². The van der Waals surface area contributed by atoms with Crippen molar-refractivity contribution in [1.82, 2.24) is 4.90 Å². The third-order valence-corrected chi connectivity index (χ3v) is 3.25. The zero-order valence-electron chi connectivity index (χ0n) is 12.0. The monoisotopic (exact) mass is 261 g/mol. The van der Waals surface area contributed by atoms with E-state index in [1.54, 1.807) is 0 Å². The molecule has 0 atom stereocenters. The molecule has 4 heteroatoms. The molecule has 1 aliphatic heterocycles. The van der Waals surface area contributed by atoms with E-state index in [-0.39, 0.29) is 11.4 Å². The summed E-state index contributed by atoms with van der Waals surface area (Å²) in [5, 5.41) is 2.85. The second-order valence-electron chi connectivity index (χ2n) is 6.19. The van der Waals surface area contributed by atoms with Crippen LogP contribution in [0.4, 0.5) is 5.69 Å². The van der Waals surface area contributed by atoms with Crippen LogP contribution in [0.2, 0.25) is 0 Å². The Labute approximate surface area is 115 Å². The van der Waals surface area contributed by atoms with E-state index in [2.05, 4.69) is 29.4 Å². The average Bonchev–Trinajstić information content (AvgIpc) is 2.63. The Morgan fingerprint density at radius 2 is 2.16 bits per heavy atom. The predicted molar refractivity (Wildman–Crippen MR) is 78.2 cm³/mol. The first-order chi connectivity index (χ1) is 8.83. The van der Waals surface area contributed by atoms with Crippen LogP contribution in [0.15, 0.2) is 18.2 Å². The molecule has 104 valence electrons. The maximum absolute atomic E-state index is 11.3. The van der Waals surface area contributed by atoms with E-state index in [1.807, 2.05) is 19.9 Å². The van der Waals surface area contributed by atoms with Gasteiger partial charge in [-0.1, -0.05) is 12.1 Å². The summed E-state index contributed by atoms with van der Waals surface area (Å²) in [6.45, 7) is 5.92. The van der Waals surface area contributed by atoms with Crippen molar-refractivity contribution in [1.29, 1.82) is 0 Å². The Morgan fingerprint density at radius 3 is 2.84 bits per heavy atom. The van der Waals surface area contributed by atoms with Gasteiger partial charge in [-0.15, -0.1) is 0 Å². The van der Waals surface area contributed by atoms with E-state index in [0.29, 0.717) is 6.42 Å². The van der Waals surface area contributed by atoms with Crippen LogP contribution in [0, 0.1) is 0 Å². The Balaban J connectivity index is 1.91. The van der Waals surface area contributed by atoms with Crippen molar-refractivity contribution >= 4 is 11.6 Å². The molecule has 1 aromatic carbocycles. The molecule has 0 fully saturated rings. The first-order valence-electron chi connectivity index (χ1n) is 6.72. The minimum absolute atomic E-state index is 0.0918. The van der Waals surface area contributed by atoms with Gasteiger partial charge in [0.15, 0.2) is 0 Å². The van der Waals surface area contributed by atoms with Gasteiger partial charge >= 0.3 is 0 Å². The highest BCUT2D eigenvalue weighted by molar-refractivity contribution is 5.99. The molecule has 1 aliphatic rings. The van der Waals surface area contributed by atoms with E-state index in [4.69, 9.17) is 5.73 Å². The number of carbonyl (C=O) groups excluding carboxylic acids is 1. The zero-order chi connectivity index (χ0) is 14.0. The van der Waals surface area contributed by atoms with Crippen LogP contribution >= 0.6 is 0 Å². The summed E-state index contributed by atoms with van der Waals surface area (Å²) in [4.78, 5) is 13.5. The third kappa shape index (κ3) is 4.04. The zero-order valence-corrected chi connectivity index (χ0v) is 12.0. The Morgan fingerprint density at radius 1 is 1.42 bits per heavy atom. The Kier molecular flexibility index (Phi) is 3.92.